The number of thiazole rings is 1. The van der Waals surface area contributed by atoms with Crippen molar-refractivity contribution in [2.24, 2.45) is 12.0 Å². The summed E-state index contributed by atoms with van der Waals surface area (Å²) in [6.07, 6.45) is 1.96. The van der Waals surface area contributed by atoms with Gasteiger partial charge in [0.1, 0.15) is 0 Å². The Morgan fingerprint density at radius 2 is 2.33 bits per heavy atom. The minimum atomic E-state index is -0.0878. The van der Waals surface area contributed by atoms with Crippen molar-refractivity contribution < 1.29 is 4.79 Å². The minimum Gasteiger partial charge on any atom is -0.319 e. The number of rotatable bonds is 1. The Labute approximate surface area is 109 Å². The molecule has 5 heteroatoms. The van der Waals surface area contributed by atoms with Crippen LogP contribution in [0.4, 0.5) is 0 Å². The fourth-order valence-corrected chi connectivity index (χ4v) is 3.28. The Morgan fingerprint density at radius 3 is 3.06 bits per heavy atom. The molecule has 4 nitrogen and oxygen atoms in total. The lowest BCUT2D eigenvalue weighted by molar-refractivity contribution is -0.119. The van der Waals surface area contributed by atoms with Gasteiger partial charge >= 0.3 is 0 Å². The maximum absolute atomic E-state index is 12.0. The largest absolute Gasteiger partial charge is 0.319 e. The van der Waals surface area contributed by atoms with Gasteiger partial charge in [-0.3, -0.25) is 4.79 Å². The van der Waals surface area contributed by atoms with Crippen LogP contribution in [0.5, 0.6) is 0 Å². The molecule has 0 bridgehead atoms. The second kappa shape index (κ2) is 4.66. The van der Waals surface area contributed by atoms with E-state index in [1.165, 1.54) is 0 Å². The molecular formula is C13H15N3OS. The fourth-order valence-electron chi connectivity index (χ4n) is 2.26. The van der Waals surface area contributed by atoms with Crippen LogP contribution in [0.3, 0.4) is 0 Å². The first-order chi connectivity index (χ1) is 8.75. The Balaban J connectivity index is 2.03. The molecule has 1 amide bonds. The molecule has 2 aromatic rings. The van der Waals surface area contributed by atoms with Crippen molar-refractivity contribution in [2.75, 3.05) is 6.54 Å². The van der Waals surface area contributed by atoms with Gasteiger partial charge in [-0.2, -0.15) is 4.99 Å². The van der Waals surface area contributed by atoms with Gasteiger partial charge < -0.3 is 9.88 Å². The van der Waals surface area contributed by atoms with Crippen molar-refractivity contribution >= 4 is 27.5 Å². The summed E-state index contributed by atoms with van der Waals surface area (Å²) in [5, 5.41) is 3.18. The van der Waals surface area contributed by atoms with Crippen LogP contribution in [0.1, 0.15) is 12.8 Å². The molecule has 2 heterocycles. The van der Waals surface area contributed by atoms with Gasteiger partial charge in [0.25, 0.3) is 5.91 Å². The van der Waals surface area contributed by atoms with Crippen LogP contribution in [0, 0.1) is 0 Å². The van der Waals surface area contributed by atoms with E-state index in [9.17, 15) is 4.79 Å². The SMILES string of the molecule is Cn1c(=NC(=O)C2CCCN2)sc2ccccc21. The molecule has 0 spiro atoms. The number of amides is 1. The summed E-state index contributed by atoms with van der Waals surface area (Å²) in [6, 6.07) is 8.01. The van der Waals surface area contributed by atoms with E-state index in [0.29, 0.717) is 0 Å². The monoisotopic (exact) mass is 261 g/mol. The van der Waals surface area contributed by atoms with Gasteiger partial charge in [-0.05, 0) is 31.5 Å². The zero-order valence-corrected chi connectivity index (χ0v) is 11.0. The molecular weight excluding hydrogens is 246 g/mol. The predicted molar refractivity (Wildman–Crippen MR) is 72.4 cm³/mol. The third-order valence-electron chi connectivity index (χ3n) is 3.28. The molecule has 1 aromatic carbocycles. The van der Waals surface area contributed by atoms with Crippen molar-refractivity contribution in [3.63, 3.8) is 0 Å². The number of aryl methyl sites for hydroxylation is 1. The van der Waals surface area contributed by atoms with E-state index in [0.717, 1.165) is 34.4 Å². The predicted octanol–water partition coefficient (Wildman–Crippen LogP) is 1.42. The van der Waals surface area contributed by atoms with E-state index in [1.807, 2.05) is 29.8 Å². The van der Waals surface area contributed by atoms with Gasteiger partial charge in [-0.25, -0.2) is 0 Å². The molecule has 1 aromatic heterocycles. The number of fused-ring (bicyclic) bond motifs is 1. The number of benzene rings is 1. The Hall–Kier alpha value is -1.46. The summed E-state index contributed by atoms with van der Waals surface area (Å²) in [5.74, 6) is -0.0466. The number of carbonyl (C=O) groups excluding carboxylic acids is 1. The van der Waals surface area contributed by atoms with E-state index in [2.05, 4.69) is 16.4 Å². The Morgan fingerprint density at radius 1 is 1.50 bits per heavy atom. The molecule has 1 aliphatic heterocycles. The van der Waals surface area contributed by atoms with Crippen LogP contribution in [-0.2, 0) is 11.8 Å². The molecule has 1 fully saturated rings. The molecule has 18 heavy (non-hydrogen) atoms. The molecule has 1 N–H and O–H groups in total. The first-order valence-corrected chi connectivity index (χ1v) is 6.94. The average molecular weight is 261 g/mol. The standard InChI is InChI=1S/C13H15N3OS/c1-16-10-6-2-3-7-11(10)18-13(16)15-12(17)9-5-4-8-14-9/h2-3,6-7,9,14H,4-5,8H2,1H3. The first kappa shape index (κ1) is 11.6. The average Bonchev–Trinajstić information content (AvgIpc) is 3.00. The summed E-state index contributed by atoms with van der Waals surface area (Å²) >= 11 is 1.56. The number of nitrogens with zero attached hydrogens (tertiary/aromatic N) is 2. The van der Waals surface area contributed by atoms with Crippen molar-refractivity contribution in [1.29, 1.82) is 0 Å². The van der Waals surface area contributed by atoms with Crippen LogP contribution in [0.2, 0.25) is 0 Å². The summed E-state index contributed by atoms with van der Waals surface area (Å²) in [4.78, 5) is 17.0. The molecule has 94 valence electrons. The second-order valence-electron chi connectivity index (χ2n) is 4.51. The highest BCUT2D eigenvalue weighted by Crippen LogP contribution is 2.15. The number of nitrogens with one attached hydrogen (secondary N) is 1. The van der Waals surface area contributed by atoms with Crippen LogP contribution >= 0.6 is 11.3 Å². The normalized spacial score (nSPS) is 20.7. The smallest absolute Gasteiger partial charge is 0.265 e. The molecule has 0 aliphatic carbocycles. The van der Waals surface area contributed by atoms with Gasteiger partial charge in [0, 0.05) is 7.05 Å². The van der Waals surface area contributed by atoms with Crippen LogP contribution in [0.15, 0.2) is 29.3 Å². The maximum Gasteiger partial charge on any atom is 0.265 e. The molecule has 0 radical (unpaired) electrons. The van der Waals surface area contributed by atoms with Crippen molar-refractivity contribution in [2.45, 2.75) is 18.9 Å². The van der Waals surface area contributed by atoms with Crippen LogP contribution < -0.4 is 10.1 Å². The summed E-state index contributed by atoms with van der Waals surface area (Å²) in [7, 11) is 1.95. The van der Waals surface area contributed by atoms with Crippen LogP contribution in [0.25, 0.3) is 10.2 Å². The lowest BCUT2D eigenvalue weighted by Crippen LogP contribution is -2.31. The highest BCUT2D eigenvalue weighted by molar-refractivity contribution is 7.16. The highest BCUT2D eigenvalue weighted by Gasteiger charge is 2.21. The summed E-state index contributed by atoms with van der Waals surface area (Å²) < 4.78 is 3.14. The third kappa shape index (κ3) is 2.00. The summed E-state index contributed by atoms with van der Waals surface area (Å²) in [5.41, 5.74) is 1.12. The molecule has 1 aliphatic rings. The number of para-hydroxylation sites is 1. The zero-order chi connectivity index (χ0) is 12.5. The van der Waals surface area contributed by atoms with E-state index < -0.39 is 0 Å². The van der Waals surface area contributed by atoms with Gasteiger partial charge in [-0.1, -0.05) is 23.5 Å². The number of hydrogen-bond donors (Lipinski definition) is 1. The maximum atomic E-state index is 12.0. The van der Waals surface area contributed by atoms with E-state index in [4.69, 9.17) is 0 Å². The van der Waals surface area contributed by atoms with Gasteiger partial charge in [0.2, 0.25) is 0 Å². The number of hydrogen-bond acceptors (Lipinski definition) is 3. The van der Waals surface area contributed by atoms with Gasteiger partial charge in [0.05, 0.1) is 16.3 Å². The van der Waals surface area contributed by atoms with E-state index in [-0.39, 0.29) is 11.9 Å². The van der Waals surface area contributed by atoms with E-state index >= 15 is 0 Å². The molecule has 3 rings (SSSR count). The van der Waals surface area contributed by atoms with Crippen molar-refractivity contribution in [1.82, 2.24) is 9.88 Å². The lowest BCUT2D eigenvalue weighted by Gasteiger charge is -2.02. The third-order valence-corrected chi connectivity index (χ3v) is 4.39. The van der Waals surface area contributed by atoms with Crippen molar-refractivity contribution in [3.05, 3.63) is 29.1 Å². The quantitative estimate of drug-likeness (QED) is 0.844. The Bertz CT molecular complexity index is 650. The van der Waals surface area contributed by atoms with Crippen LogP contribution in [-0.4, -0.2) is 23.1 Å². The Kier molecular flexibility index (Phi) is 3.01. The molecule has 1 saturated heterocycles. The number of carbonyl (C=O) groups is 1. The lowest BCUT2D eigenvalue weighted by atomic mass is 10.2. The fraction of sp³-hybridized carbons (Fsp3) is 0.385. The van der Waals surface area contributed by atoms with Gasteiger partial charge in [0.15, 0.2) is 4.80 Å². The first-order valence-electron chi connectivity index (χ1n) is 6.12. The number of aromatic nitrogens is 1. The van der Waals surface area contributed by atoms with Crippen molar-refractivity contribution in [3.8, 4) is 0 Å². The van der Waals surface area contributed by atoms with Gasteiger partial charge in [-0.15, -0.1) is 0 Å². The minimum absolute atomic E-state index is 0.0466. The molecule has 1 atom stereocenters. The molecule has 0 saturated carbocycles. The zero-order valence-electron chi connectivity index (χ0n) is 10.2. The second-order valence-corrected chi connectivity index (χ2v) is 5.52. The van der Waals surface area contributed by atoms with E-state index in [1.54, 1.807) is 11.3 Å². The summed E-state index contributed by atoms with van der Waals surface area (Å²) in [6.45, 7) is 0.921. The topological polar surface area (TPSA) is 46.4 Å². The molecule has 1 unspecified atom stereocenters. The highest BCUT2D eigenvalue weighted by atomic mass is 32.1.